The van der Waals surface area contributed by atoms with E-state index in [4.69, 9.17) is 5.73 Å². The summed E-state index contributed by atoms with van der Waals surface area (Å²) < 4.78 is 119. The molecule has 5 aromatic rings. The van der Waals surface area contributed by atoms with Gasteiger partial charge < -0.3 is 10.6 Å². The van der Waals surface area contributed by atoms with Gasteiger partial charge in [-0.3, -0.25) is 29.3 Å². The number of carbonyl (C=O) groups is 2. The summed E-state index contributed by atoms with van der Waals surface area (Å²) in [5.41, 5.74) is 6.04. The number of anilines is 3. The van der Waals surface area contributed by atoms with Gasteiger partial charge in [-0.25, -0.2) is 27.6 Å². The Bertz CT molecular complexity index is 2640. The van der Waals surface area contributed by atoms with E-state index in [-0.39, 0.29) is 35.4 Å². The van der Waals surface area contributed by atoms with Gasteiger partial charge in [-0.15, -0.1) is 0 Å². The third-order valence-electron chi connectivity index (χ3n) is 11.4. The molecule has 0 saturated carbocycles. The number of alkyl halides is 7. The van der Waals surface area contributed by atoms with Crippen LogP contribution in [0.15, 0.2) is 66.0 Å². The average molecular weight is 937 g/mol. The van der Waals surface area contributed by atoms with Gasteiger partial charge in [-0.05, 0) is 75.0 Å². The molecule has 16 nitrogen and oxygen atoms in total. The van der Waals surface area contributed by atoms with E-state index in [1.165, 1.54) is 9.21 Å². The Morgan fingerprint density at radius 1 is 0.985 bits per heavy atom. The van der Waals surface area contributed by atoms with E-state index < -0.39 is 58.3 Å². The van der Waals surface area contributed by atoms with Gasteiger partial charge in [0.05, 0.1) is 22.3 Å². The lowest BCUT2D eigenvalue weighted by atomic mass is 10.1. The second-order valence-corrected chi connectivity index (χ2v) is 17.9. The van der Waals surface area contributed by atoms with Gasteiger partial charge in [0.2, 0.25) is 21.9 Å². The molecule has 0 bridgehead atoms. The highest BCUT2D eigenvalue weighted by Gasteiger charge is 2.37. The molecule has 3 fully saturated rings. The predicted octanol–water partition coefficient (Wildman–Crippen LogP) is 6.14. The smallest absolute Gasteiger partial charge is 0.370 e. The number of halogens is 7. The molecule has 8 rings (SSSR count). The minimum absolute atomic E-state index is 0.0753. The van der Waals surface area contributed by atoms with Gasteiger partial charge in [0.1, 0.15) is 18.3 Å². The number of urea groups is 1. The van der Waals surface area contributed by atoms with Crippen molar-refractivity contribution < 1.29 is 48.7 Å². The molecule has 0 aliphatic carbocycles. The number of hydrogen-bond donors (Lipinski definition) is 2. The highest BCUT2D eigenvalue weighted by atomic mass is 32.2. The molecule has 24 heteroatoms. The minimum Gasteiger partial charge on any atom is -0.370 e. The van der Waals surface area contributed by atoms with Crippen LogP contribution < -0.4 is 20.9 Å². The van der Waals surface area contributed by atoms with Crippen LogP contribution in [0.2, 0.25) is 0 Å². The van der Waals surface area contributed by atoms with Crippen molar-refractivity contribution in [3.05, 3.63) is 72.2 Å². The van der Waals surface area contributed by atoms with Gasteiger partial charge in [0.15, 0.2) is 5.82 Å². The van der Waals surface area contributed by atoms with Crippen LogP contribution in [-0.2, 0) is 41.1 Å². The van der Waals surface area contributed by atoms with Crippen molar-refractivity contribution in [1.82, 2.24) is 44.1 Å². The van der Waals surface area contributed by atoms with Crippen LogP contribution in [0.3, 0.4) is 0 Å². The van der Waals surface area contributed by atoms with Crippen molar-refractivity contribution in [2.24, 2.45) is 7.05 Å². The highest BCUT2D eigenvalue weighted by molar-refractivity contribution is 7.89. The lowest BCUT2D eigenvalue weighted by Crippen LogP contribution is -2.49. The van der Waals surface area contributed by atoms with Crippen molar-refractivity contribution in [1.29, 1.82) is 0 Å². The lowest BCUT2D eigenvalue weighted by molar-refractivity contribution is -0.142. The molecule has 0 spiro atoms. The Labute approximate surface area is 369 Å². The third kappa shape index (κ3) is 11.0. The number of nitrogens with one attached hydrogen (secondary N) is 1. The number of carbonyl (C=O) groups excluding carboxylic acids is 2. The number of nitrogens with two attached hydrogens (primary N) is 1. The Morgan fingerprint density at radius 2 is 1.75 bits per heavy atom. The summed E-state index contributed by atoms with van der Waals surface area (Å²) in [5.74, 6) is -0.167. The standard InChI is InChI=1S/C31H40FN7O4S.C10H7F6N5/c1-3-36(24-11-12-27-28(18-24)35(2)34-30(27)39-16-13-29(40)33-31(39)41)21-25-9-6-14-37(25)19-22-7-4-10-26(17-22)44(42,43)38-15-5-8-23(32)20-38;11-9(12,13)4-21-3-5(1-19-21)7-6(10(14,15)16)2-18-8(17)20-7/h4,7,10-12,17-18,23,25H,3,5-6,8-9,13-16,19-21H2,1-2H3,(H,33,40,41);1-3H,4H2,(H2,17,18,20)/t23-,25?;/m0./s1. The number of aromatic nitrogens is 6. The van der Waals surface area contributed by atoms with Crippen LogP contribution in [0.25, 0.3) is 22.2 Å². The summed E-state index contributed by atoms with van der Waals surface area (Å²) in [5, 5.41) is 11.2. The number of benzene rings is 2. The van der Waals surface area contributed by atoms with Gasteiger partial charge in [0.25, 0.3) is 0 Å². The molecule has 3 amide bonds. The van der Waals surface area contributed by atoms with E-state index in [0.29, 0.717) is 49.2 Å². The SMILES string of the molecule is CCN(CC1CCCN1Cc1cccc(S(=O)(=O)N2CCC[C@H](F)C2)c1)c1ccc2c(N3CCC(=O)NC3=O)nn(C)c2c1.Nc1ncc(C(F)(F)F)c(-c2cnn(CC(F)(F)F)c2)n1. The first-order chi connectivity index (χ1) is 30.7. The topological polar surface area (TPSA) is 181 Å². The molecule has 1 unspecified atom stereocenters. The summed E-state index contributed by atoms with van der Waals surface area (Å²) >= 11 is 0. The van der Waals surface area contributed by atoms with Crippen LogP contribution in [0, 0.1) is 0 Å². The first kappa shape index (κ1) is 47.1. The monoisotopic (exact) mass is 936 g/mol. The molecule has 6 heterocycles. The molecule has 2 atom stereocenters. The van der Waals surface area contributed by atoms with Gasteiger partial charge in [-0.2, -0.15) is 40.8 Å². The molecule has 3 aromatic heterocycles. The normalized spacial score (nSPS) is 19.1. The Hall–Kier alpha value is -5.88. The maximum atomic E-state index is 14.0. The van der Waals surface area contributed by atoms with Crippen LogP contribution >= 0.6 is 0 Å². The van der Waals surface area contributed by atoms with Gasteiger partial charge >= 0.3 is 18.4 Å². The van der Waals surface area contributed by atoms with Gasteiger partial charge in [0, 0.05) is 87.8 Å². The average Bonchev–Trinajstić information content (AvgIpc) is 3.98. The largest absolute Gasteiger partial charge is 0.419 e. The molecule has 350 valence electrons. The zero-order chi connectivity index (χ0) is 46.8. The van der Waals surface area contributed by atoms with Crippen LogP contribution in [0.5, 0.6) is 0 Å². The van der Waals surface area contributed by atoms with E-state index in [0.717, 1.165) is 67.0 Å². The number of likely N-dealkylation sites (tertiary alicyclic amines) is 1. The number of aryl methyl sites for hydroxylation is 1. The van der Waals surface area contributed by atoms with E-state index in [9.17, 15) is 48.7 Å². The summed E-state index contributed by atoms with van der Waals surface area (Å²) in [7, 11) is -1.88. The first-order valence-corrected chi connectivity index (χ1v) is 22.2. The summed E-state index contributed by atoms with van der Waals surface area (Å²) in [6, 6.07) is 13.1. The Morgan fingerprint density at radius 3 is 2.46 bits per heavy atom. The molecule has 65 heavy (non-hydrogen) atoms. The number of sulfonamides is 1. The zero-order valence-electron chi connectivity index (χ0n) is 35.4. The van der Waals surface area contributed by atoms with E-state index in [1.807, 2.05) is 19.2 Å². The summed E-state index contributed by atoms with van der Waals surface area (Å²) in [4.78, 5) is 37.3. The van der Waals surface area contributed by atoms with Crippen LogP contribution in [0.1, 0.15) is 50.2 Å². The number of imide groups is 1. The van der Waals surface area contributed by atoms with Crippen LogP contribution in [0.4, 0.5) is 53.0 Å². The maximum absolute atomic E-state index is 14.0. The van der Waals surface area contributed by atoms with E-state index in [2.05, 4.69) is 54.3 Å². The molecular formula is C41H47F7N12O4S. The van der Waals surface area contributed by atoms with Crippen molar-refractivity contribution in [3.8, 4) is 11.3 Å². The molecular weight excluding hydrogens is 890 g/mol. The second kappa shape index (κ2) is 18.9. The molecule has 3 saturated heterocycles. The van der Waals surface area contributed by atoms with E-state index in [1.54, 1.807) is 22.9 Å². The Balaban J connectivity index is 0.000000251. The number of likely N-dealkylation sites (N-methyl/N-ethyl adjacent to an activating group) is 1. The molecule has 3 N–H and O–H groups in total. The first-order valence-electron chi connectivity index (χ1n) is 20.8. The number of nitrogens with zero attached hydrogens (tertiary/aromatic N) is 10. The second-order valence-electron chi connectivity index (χ2n) is 16.0. The van der Waals surface area contributed by atoms with Crippen molar-refractivity contribution >= 4 is 50.3 Å². The van der Waals surface area contributed by atoms with Crippen molar-refractivity contribution in [2.45, 2.75) is 81.6 Å². The van der Waals surface area contributed by atoms with Crippen molar-refractivity contribution in [3.63, 3.8) is 0 Å². The fourth-order valence-electron chi connectivity index (χ4n) is 8.25. The molecule has 0 radical (unpaired) electrons. The highest BCUT2D eigenvalue weighted by Crippen LogP contribution is 2.36. The Kier molecular flexibility index (Phi) is 13.7. The van der Waals surface area contributed by atoms with Gasteiger partial charge in [-0.1, -0.05) is 12.1 Å². The maximum Gasteiger partial charge on any atom is 0.419 e. The number of piperidine rings is 1. The number of amides is 3. The fraction of sp³-hybridized carbons (Fsp3) is 0.463. The fourth-order valence-corrected chi connectivity index (χ4v) is 9.82. The number of fused-ring (bicyclic) bond motifs is 1. The zero-order valence-corrected chi connectivity index (χ0v) is 36.2. The summed E-state index contributed by atoms with van der Waals surface area (Å²) in [6.45, 7) is 4.47. The van der Waals surface area contributed by atoms with Crippen molar-refractivity contribution in [2.75, 3.05) is 54.8 Å². The lowest BCUT2D eigenvalue weighted by Gasteiger charge is -2.32. The van der Waals surface area contributed by atoms with Crippen LogP contribution in [-0.4, -0.2) is 117 Å². The third-order valence-corrected chi connectivity index (χ3v) is 13.3. The molecule has 3 aliphatic rings. The molecule has 2 aromatic carbocycles. The quantitative estimate of drug-likeness (QED) is 0.145. The minimum atomic E-state index is -4.77. The molecule has 3 aliphatic heterocycles. The predicted molar refractivity (Wildman–Crippen MR) is 226 cm³/mol. The van der Waals surface area contributed by atoms with E-state index >= 15 is 0 Å². The number of rotatable bonds is 11. The number of hydrogen-bond acceptors (Lipinski definition) is 11. The summed E-state index contributed by atoms with van der Waals surface area (Å²) in [6.07, 6.45) is -5.00. The number of nitrogen functional groups attached to an aromatic ring is 1.